The Morgan fingerprint density at radius 1 is 1.11 bits per heavy atom. The number of pyridine rings is 1. The number of aromatic nitrogens is 3. The van der Waals surface area contributed by atoms with Crippen LogP contribution < -0.4 is 10.9 Å². The van der Waals surface area contributed by atoms with Crippen LogP contribution in [-0.2, 0) is 17.1 Å². The van der Waals surface area contributed by atoms with Gasteiger partial charge >= 0.3 is 0 Å². The van der Waals surface area contributed by atoms with Crippen LogP contribution in [0, 0.1) is 0 Å². The van der Waals surface area contributed by atoms with E-state index in [1.807, 2.05) is 41.9 Å². The first-order chi connectivity index (χ1) is 16.8. The number of amides is 1. The van der Waals surface area contributed by atoms with Crippen molar-refractivity contribution in [1.82, 2.24) is 24.2 Å². The van der Waals surface area contributed by atoms with E-state index in [2.05, 4.69) is 15.3 Å². The molecular weight excluding hydrogens is 466 g/mol. The van der Waals surface area contributed by atoms with E-state index in [0.717, 1.165) is 5.56 Å². The highest BCUT2D eigenvalue weighted by Crippen LogP contribution is 2.25. The first-order valence-corrected chi connectivity index (χ1v) is 12.7. The fraction of sp³-hybridized carbons (Fsp3) is 0.240. The normalized spacial score (nSPS) is 12.7. The van der Waals surface area contributed by atoms with Gasteiger partial charge in [-0.2, -0.15) is 4.31 Å². The van der Waals surface area contributed by atoms with Crippen LogP contribution in [0.4, 0.5) is 0 Å². The van der Waals surface area contributed by atoms with Crippen LogP contribution in [0.15, 0.2) is 76.7 Å². The topological polar surface area (TPSA) is 117 Å². The average Bonchev–Trinajstić information content (AvgIpc) is 3.28. The van der Waals surface area contributed by atoms with Crippen molar-refractivity contribution < 1.29 is 13.2 Å². The minimum absolute atomic E-state index is 0.0542. The Morgan fingerprint density at radius 2 is 1.83 bits per heavy atom. The average molecular weight is 494 g/mol. The molecule has 0 bridgehead atoms. The van der Waals surface area contributed by atoms with E-state index in [-0.39, 0.29) is 10.5 Å². The van der Waals surface area contributed by atoms with Gasteiger partial charge in [-0.05, 0) is 23.8 Å². The summed E-state index contributed by atoms with van der Waals surface area (Å²) < 4.78 is 29.3. The number of carbonyl (C=O) groups excluding carboxylic acids is 1. The number of hydrogen-bond donors (Lipinski definition) is 2. The maximum Gasteiger partial charge on any atom is 0.253 e. The Morgan fingerprint density at radius 3 is 2.46 bits per heavy atom. The highest BCUT2D eigenvalue weighted by Gasteiger charge is 2.25. The van der Waals surface area contributed by atoms with Crippen LogP contribution in [0.5, 0.6) is 0 Å². The minimum Gasteiger partial charge on any atom is -0.338 e. The monoisotopic (exact) mass is 493 g/mol. The van der Waals surface area contributed by atoms with Crippen LogP contribution in [0.3, 0.4) is 0 Å². The summed E-state index contributed by atoms with van der Waals surface area (Å²) in [5.41, 5.74) is 0.800. The van der Waals surface area contributed by atoms with Crippen molar-refractivity contribution in [1.29, 1.82) is 0 Å². The Bertz CT molecular complexity index is 1520. The Balaban J connectivity index is 1.81. The lowest BCUT2D eigenvalue weighted by molar-refractivity contribution is 0.0942. The van der Waals surface area contributed by atoms with Crippen LogP contribution in [-0.4, -0.2) is 46.3 Å². The largest absolute Gasteiger partial charge is 0.338 e. The molecule has 2 N–H and O–H groups in total. The Labute approximate surface area is 203 Å². The van der Waals surface area contributed by atoms with E-state index in [1.54, 1.807) is 26.2 Å². The van der Waals surface area contributed by atoms with E-state index >= 15 is 0 Å². The molecule has 0 spiro atoms. The van der Waals surface area contributed by atoms with Gasteiger partial charge in [0, 0.05) is 49.5 Å². The quantitative estimate of drug-likeness (QED) is 0.391. The number of hydrogen-bond acceptors (Lipinski definition) is 5. The molecule has 1 unspecified atom stereocenters. The first-order valence-electron chi connectivity index (χ1n) is 11.3. The van der Waals surface area contributed by atoms with Gasteiger partial charge < -0.3 is 14.9 Å². The minimum atomic E-state index is -3.76. The van der Waals surface area contributed by atoms with Gasteiger partial charge in [0.1, 0.15) is 11.9 Å². The summed E-state index contributed by atoms with van der Waals surface area (Å²) in [6.45, 7) is 4.16. The summed E-state index contributed by atoms with van der Waals surface area (Å²) >= 11 is 0. The van der Waals surface area contributed by atoms with Crippen LogP contribution in [0.25, 0.3) is 10.9 Å². The van der Waals surface area contributed by atoms with Crippen LogP contribution in [0.1, 0.15) is 41.6 Å². The molecule has 9 nitrogen and oxygen atoms in total. The van der Waals surface area contributed by atoms with Crippen molar-refractivity contribution in [3.05, 3.63) is 94.3 Å². The summed E-state index contributed by atoms with van der Waals surface area (Å²) in [7, 11) is -1.93. The third-order valence-electron chi connectivity index (χ3n) is 5.93. The van der Waals surface area contributed by atoms with Crippen LogP contribution >= 0.6 is 0 Å². The molecule has 0 saturated carbocycles. The molecule has 2 heterocycles. The Hall–Kier alpha value is -3.76. The standard InChI is InChI=1S/C25H27N5O4S/c1-4-30(5-2)35(33,34)18-11-12-21-19(15-18)20(16-22(31)27-21)25(32)28-23(17-9-7-6-8-10-17)24-26-13-14-29(24)3/h6-16,23H,4-5H2,1-3H3,(H,27,31)(H,28,32). The highest BCUT2D eigenvalue weighted by molar-refractivity contribution is 7.89. The van der Waals surface area contributed by atoms with Crippen molar-refractivity contribution in [2.24, 2.45) is 7.05 Å². The molecule has 10 heteroatoms. The molecule has 1 atom stereocenters. The van der Waals surface area contributed by atoms with E-state index in [1.165, 1.54) is 28.6 Å². The van der Waals surface area contributed by atoms with Crippen molar-refractivity contribution in [3.8, 4) is 0 Å². The SMILES string of the molecule is CCN(CC)S(=O)(=O)c1ccc2[nH]c(=O)cc(C(=O)NC(c3ccccc3)c3nccn3C)c2c1. The van der Waals surface area contributed by atoms with Gasteiger partial charge in [-0.25, -0.2) is 13.4 Å². The number of nitrogens with one attached hydrogen (secondary N) is 2. The second kappa shape index (κ2) is 9.85. The molecule has 0 aliphatic carbocycles. The molecular formula is C25H27N5O4S. The fourth-order valence-electron chi connectivity index (χ4n) is 4.10. The smallest absolute Gasteiger partial charge is 0.253 e. The van der Waals surface area contributed by atoms with Gasteiger partial charge in [0.15, 0.2) is 0 Å². The lowest BCUT2D eigenvalue weighted by Crippen LogP contribution is -2.32. The molecule has 4 aromatic rings. The summed E-state index contributed by atoms with van der Waals surface area (Å²) in [5.74, 6) is 0.0961. The van der Waals surface area contributed by atoms with Crippen molar-refractivity contribution >= 4 is 26.8 Å². The lowest BCUT2D eigenvalue weighted by Gasteiger charge is -2.20. The van der Waals surface area contributed by atoms with Gasteiger partial charge in [-0.1, -0.05) is 44.2 Å². The number of H-pyrrole nitrogens is 1. The number of benzene rings is 2. The molecule has 0 saturated heterocycles. The second-order valence-corrected chi connectivity index (χ2v) is 10.00. The maximum absolute atomic E-state index is 13.5. The highest BCUT2D eigenvalue weighted by atomic mass is 32.2. The van der Waals surface area contributed by atoms with Gasteiger partial charge in [-0.3, -0.25) is 9.59 Å². The summed E-state index contributed by atoms with van der Waals surface area (Å²) in [6.07, 6.45) is 3.43. The number of rotatable bonds is 8. The van der Waals surface area contributed by atoms with E-state index < -0.39 is 27.5 Å². The van der Waals surface area contributed by atoms with Crippen LogP contribution in [0.2, 0.25) is 0 Å². The first kappa shape index (κ1) is 24.4. The maximum atomic E-state index is 13.5. The molecule has 0 radical (unpaired) electrons. The summed E-state index contributed by atoms with van der Waals surface area (Å²) in [5, 5.41) is 3.32. The summed E-state index contributed by atoms with van der Waals surface area (Å²) in [4.78, 5) is 33.0. The summed E-state index contributed by atoms with van der Waals surface area (Å²) in [6, 6.07) is 14.4. The molecule has 35 heavy (non-hydrogen) atoms. The van der Waals surface area contributed by atoms with Crippen molar-refractivity contribution in [2.45, 2.75) is 24.8 Å². The molecule has 1 amide bonds. The third kappa shape index (κ3) is 4.75. The number of aromatic amines is 1. The van der Waals surface area contributed by atoms with Gasteiger partial charge in [-0.15, -0.1) is 0 Å². The number of fused-ring (bicyclic) bond motifs is 1. The molecule has 182 valence electrons. The van der Waals surface area contributed by atoms with E-state index in [4.69, 9.17) is 0 Å². The molecule has 4 rings (SSSR count). The zero-order chi connectivity index (χ0) is 25.2. The number of imidazole rings is 1. The number of aryl methyl sites for hydroxylation is 1. The van der Waals surface area contributed by atoms with Gasteiger partial charge in [0.2, 0.25) is 15.6 Å². The fourth-order valence-corrected chi connectivity index (χ4v) is 5.59. The van der Waals surface area contributed by atoms with E-state index in [9.17, 15) is 18.0 Å². The van der Waals surface area contributed by atoms with Gasteiger partial charge in [0.25, 0.3) is 5.91 Å². The number of sulfonamides is 1. The molecule has 0 aliphatic heterocycles. The predicted octanol–water partition coefficient (Wildman–Crippen LogP) is 2.81. The van der Waals surface area contributed by atoms with Crippen molar-refractivity contribution in [3.63, 3.8) is 0 Å². The Kier molecular flexibility index (Phi) is 6.86. The predicted molar refractivity (Wildman–Crippen MR) is 134 cm³/mol. The molecule has 2 aromatic heterocycles. The third-order valence-corrected chi connectivity index (χ3v) is 7.97. The molecule has 0 fully saturated rings. The van der Waals surface area contributed by atoms with Gasteiger partial charge in [0.05, 0.1) is 10.5 Å². The molecule has 2 aromatic carbocycles. The number of carbonyl (C=O) groups is 1. The zero-order valence-electron chi connectivity index (χ0n) is 19.7. The zero-order valence-corrected chi connectivity index (χ0v) is 20.5. The number of nitrogens with zero attached hydrogens (tertiary/aromatic N) is 3. The lowest BCUT2D eigenvalue weighted by atomic mass is 10.0. The second-order valence-electron chi connectivity index (χ2n) is 8.06. The van der Waals surface area contributed by atoms with Crippen molar-refractivity contribution in [2.75, 3.05) is 13.1 Å². The molecule has 0 aliphatic rings. The van der Waals surface area contributed by atoms with E-state index in [0.29, 0.717) is 29.8 Å².